The van der Waals surface area contributed by atoms with Crippen molar-refractivity contribution in [3.8, 4) is 0 Å². The standard InChI is InChI=1S/C11H17NO3S/c1-4-5-15-6-9-12-8(7-16-9)11(2,3)10(13)14/h7H,4-6H2,1-3H3,(H,13,14). The molecule has 1 N–H and O–H groups in total. The van der Waals surface area contributed by atoms with Crippen LogP contribution in [0, 0.1) is 0 Å². The minimum Gasteiger partial charge on any atom is -0.481 e. The molecule has 0 atom stereocenters. The summed E-state index contributed by atoms with van der Waals surface area (Å²) >= 11 is 1.44. The van der Waals surface area contributed by atoms with Gasteiger partial charge >= 0.3 is 5.97 Å². The minimum absolute atomic E-state index is 0.466. The highest BCUT2D eigenvalue weighted by molar-refractivity contribution is 7.09. The summed E-state index contributed by atoms with van der Waals surface area (Å²) in [5.74, 6) is -0.862. The molecule has 0 amide bonds. The summed E-state index contributed by atoms with van der Waals surface area (Å²) < 4.78 is 5.36. The number of rotatable bonds is 6. The van der Waals surface area contributed by atoms with Crippen LogP contribution in [0.25, 0.3) is 0 Å². The molecule has 4 nitrogen and oxygen atoms in total. The Hall–Kier alpha value is -0.940. The monoisotopic (exact) mass is 243 g/mol. The van der Waals surface area contributed by atoms with Crippen LogP contribution in [-0.4, -0.2) is 22.7 Å². The van der Waals surface area contributed by atoms with Crippen molar-refractivity contribution in [2.45, 2.75) is 39.2 Å². The summed E-state index contributed by atoms with van der Waals surface area (Å²) in [7, 11) is 0. The number of nitrogens with zero attached hydrogens (tertiary/aromatic N) is 1. The van der Waals surface area contributed by atoms with Crippen LogP contribution in [0.2, 0.25) is 0 Å². The predicted octanol–water partition coefficient (Wildman–Crippen LogP) is 2.43. The first-order chi connectivity index (χ1) is 7.48. The van der Waals surface area contributed by atoms with Crippen molar-refractivity contribution < 1.29 is 14.6 Å². The second kappa shape index (κ2) is 5.41. The molecular formula is C11H17NO3S. The lowest BCUT2D eigenvalue weighted by Gasteiger charge is -2.15. The van der Waals surface area contributed by atoms with Crippen molar-refractivity contribution in [2.24, 2.45) is 0 Å². The lowest BCUT2D eigenvalue weighted by atomic mass is 9.90. The largest absolute Gasteiger partial charge is 0.481 e. The SMILES string of the molecule is CCCOCc1nc(C(C)(C)C(=O)O)cs1. The number of carbonyl (C=O) groups is 1. The van der Waals surface area contributed by atoms with E-state index in [0.717, 1.165) is 11.4 Å². The van der Waals surface area contributed by atoms with E-state index in [1.807, 2.05) is 6.92 Å². The van der Waals surface area contributed by atoms with E-state index in [1.165, 1.54) is 11.3 Å². The molecular weight excluding hydrogens is 226 g/mol. The van der Waals surface area contributed by atoms with E-state index in [2.05, 4.69) is 4.98 Å². The Kier molecular flexibility index (Phi) is 4.44. The first-order valence-corrected chi connectivity index (χ1v) is 6.12. The van der Waals surface area contributed by atoms with E-state index in [4.69, 9.17) is 9.84 Å². The van der Waals surface area contributed by atoms with Crippen molar-refractivity contribution >= 4 is 17.3 Å². The number of ether oxygens (including phenoxy) is 1. The minimum atomic E-state index is -0.931. The number of carboxylic acid groups (broad SMARTS) is 1. The van der Waals surface area contributed by atoms with Crippen LogP contribution in [0.3, 0.4) is 0 Å². The average molecular weight is 243 g/mol. The summed E-state index contributed by atoms with van der Waals surface area (Å²) in [5.41, 5.74) is -0.334. The third-order valence-corrected chi connectivity index (χ3v) is 3.12. The van der Waals surface area contributed by atoms with E-state index >= 15 is 0 Å². The Labute approximate surface area is 99.3 Å². The van der Waals surface area contributed by atoms with Gasteiger partial charge in [0.25, 0.3) is 0 Å². The number of aliphatic carboxylic acids is 1. The van der Waals surface area contributed by atoms with Crippen LogP contribution in [0.5, 0.6) is 0 Å². The smallest absolute Gasteiger partial charge is 0.315 e. The first-order valence-electron chi connectivity index (χ1n) is 5.24. The predicted molar refractivity (Wildman–Crippen MR) is 62.7 cm³/mol. The summed E-state index contributed by atoms with van der Waals surface area (Å²) in [5, 5.41) is 11.7. The molecule has 0 saturated carbocycles. The molecule has 90 valence electrons. The van der Waals surface area contributed by atoms with Gasteiger partial charge < -0.3 is 9.84 Å². The summed E-state index contributed by atoms with van der Waals surface area (Å²) in [4.78, 5) is 15.3. The van der Waals surface area contributed by atoms with Crippen LogP contribution in [0.1, 0.15) is 37.9 Å². The van der Waals surface area contributed by atoms with E-state index < -0.39 is 11.4 Å². The highest BCUT2D eigenvalue weighted by Crippen LogP contribution is 2.25. The van der Waals surface area contributed by atoms with Crippen LogP contribution in [0.15, 0.2) is 5.38 Å². The average Bonchev–Trinajstić information content (AvgIpc) is 2.67. The molecule has 1 heterocycles. The summed E-state index contributed by atoms with van der Waals surface area (Å²) in [6.07, 6.45) is 0.971. The molecule has 0 aliphatic heterocycles. The van der Waals surface area contributed by atoms with Crippen molar-refractivity contribution in [3.05, 3.63) is 16.1 Å². The molecule has 0 aliphatic carbocycles. The third-order valence-electron chi connectivity index (χ3n) is 2.30. The topological polar surface area (TPSA) is 59.4 Å². The maximum atomic E-state index is 11.0. The molecule has 0 unspecified atom stereocenters. The van der Waals surface area contributed by atoms with Gasteiger partial charge in [-0.1, -0.05) is 6.92 Å². The van der Waals surface area contributed by atoms with Gasteiger partial charge in [0.1, 0.15) is 10.4 Å². The number of carboxylic acids is 1. The molecule has 1 aromatic heterocycles. The highest BCUT2D eigenvalue weighted by atomic mass is 32.1. The molecule has 0 bridgehead atoms. The van der Waals surface area contributed by atoms with Crippen LogP contribution < -0.4 is 0 Å². The molecule has 5 heteroatoms. The molecule has 0 aromatic carbocycles. The van der Waals surface area contributed by atoms with E-state index in [0.29, 0.717) is 18.9 Å². The zero-order valence-electron chi connectivity index (χ0n) is 9.82. The van der Waals surface area contributed by atoms with Gasteiger partial charge in [-0.25, -0.2) is 4.98 Å². The molecule has 1 aromatic rings. The lowest BCUT2D eigenvalue weighted by molar-refractivity contribution is -0.142. The number of hydrogen-bond donors (Lipinski definition) is 1. The van der Waals surface area contributed by atoms with Gasteiger partial charge in [-0.2, -0.15) is 0 Å². The Morgan fingerprint density at radius 1 is 1.62 bits per heavy atom. The Morgan fingerprint density at radius 2 is 2.31 bits per heavy atom. The Balaban J connectivity index is 2.67. The molecule has 1 rings (SSSR count). The zero-order chi connectivity index (χ0) is 12.2. The summed E-state index contributed by atoms with van der Waals surface area (Å²) in [6.45, 7) is 6.52. The maximum absolute atomic E-state index is 11.0. The Morgan fingerprint density at radius 3 is 2.88 bits per heavy atom. The van der Waals surface area contributed by atoms with Gasteiger partial charge in [-0.15, -0.1) is 11.3 Å². The fourth-order valence-electron chi connectivity index (χ4n) is 1.08. The highest BCUT2D eigenvalue weighted by Gasteiger charge is 2.31. The fourth-order valence-corrected chi connectivity index (χ4v) is 1.98. The maximum Gasteiger partial charge on any atom is 0.315 e. The second-order valence-electron chi connectivity index (χ2n) is 4.11. The van der Waals surface area contributed by atoms with E-state index in [9.17, 15) is 4.79 Å². The zero-order valence-corrected chi connectivity index (χ0v) is 10.6. The number of hydrogen-bond acceptors (Lipinski definition) is 4. The molecule has 0 radical (unpaired) electrons. The molecule has 0 fully saturated rings. The summed E-state index contributed by atoms with van der Waals surface area (Å²) in [6, 6.07) is 0. The van der Waals surface area contributed by atoms with Crippen LogP contribution in [0.4, 0.5) is 0 Å². The van der Waals surface area contributed by atoms with Crippen molar-refractivity contribution in [3.63, 3.8) is 0 Å². The van der Waals surface area contributed by atoms with Crippen LogP contribution in [-0.2, 0) is 21.6 Å². The number of thiazole rings is 1. The van der Waals surface area contributed by atoms with Crippen molar-refractivity contribution in [2.75, 3.05) is 6.61 Å². The van der Waals surface area contributed by atoms with Crippen molar-refractivity contribution in [1.29, 1.82) is 0 Å². The first kappa shape index (κ1) is 13.1. The lowest BCUT2D eigenvalue weighted by Crippen LogP contribution is -2.28. The molecule has 0 aliphatic rings. The van der Waals surface area contributed by atoms with Gasteiger partial charge in [0.05, 0.1) is 12.3 Å². The van der Waals surface area contributed by atoms with Gasteiger partial charge in [-0.3, -0.25) is 4.79 Å². The van der Waals surface area contributed by atoms with E-state index in [-0.39, 0.29) is 0 Å². The number of aromatic nitrogens is 1. The van der Waals surface area contributed by atoms with Gasteiger partial charge in [0.2, 0.25) is 0 Å². The van der Waals surface area contributed by atoms with Crippen molar-refractivity contribution in [1.82, 2.24) is 4.98 Å². The third kappa shape index (κ3) is 3.02. The van der Waals surface area contributed by atoms with E-state index in [1.54, 1.807) is 19.2 Å². The van der Waals surface area contributed by atoms with Gasteiger partial charge in [0, 0.05) is 12.0 Å². The van der Waals surface area contributed by atoms with Gasteiger partial charge in [-0.05, 0) is 20.3 Å². The fraction of sp³-hybridized carbons (Fsp3) is 0.636. The van der Waals surface area contributed by atoms with Gasteiger partial charge in [0.15, 0.2) is 0 Å². The molecule has 0 spiro atoms. The molecule has 0 saturated heterocycles. The molecule has 16 heavy (non-hydrogen) atoms. The normalized spacial score (nSPS) is 11.7. The Bertz CT molecular complexity index is 360. The second-order valence-corrected chi connectivity index (χ2v) is 5.05. The quantitative estimate of drug-likeness (QED) is 0.779. The van der Waals surface area contributed by atoms with Crippen LogP contribution >= 0.6 is 11.3 Å².